The maximum Gasteiger partial charge on any atom is 0.186 e. The second-order valence-corrected chi connectivity index (χ2v) is 5.08. The SMILES string of the molecule is CC(C(=O)c1ccc(Cl)cc1Cl)n1cnc(C#N)c1C#N. The summed E-state index contributed by atoms with van der Waals surface area (Å²) in [5, 5.41) is 18.6. The molecule has 2 rings (SSSR count). The monoisotopic (exact) mass is 318 g/mol. The fourth-order valence-electron chi connectivity index (χ4n) is 1.89. The van der Waals surface area contributed by atoms with Gasteiger partial charge in [0.15, 0.2) is 17.2 Å². The second kappa shape index (κ2) is 5.97. The summed E-state index contributed by atoms with van der Waals surface area (Å²) in [7, 11) is 0. The Hall–Kier alpha value is -2.34. The molecule has 1 atom stereocenters. The van der Waals surface area contributed by atoms with E-state index < -0.39 is 6.04 Å². The minimum atomic E-state index is -0.715. The van der Waals surface area contributed by atoms with Crippen LogP contribution in [-0.4, -0.2) is 15.3 Å². The summed E-state index contributed by atoms with van der Waals surface area (Å²) in [6.45, 7) is 1.61. The third-order valence-electron chi connectivity index (χ3n) is 3.00. The minimum Gasteiger partial charge on any atom is -0.310 e. The van der Waals surface area contributed by atoms with Gasteiger partial charge in [0, 0.05) is 10.6 Å². The molecule has 0 fully saturated rings. The highest BCUT2D eigenvalue weighted by atomic mass is 35.5. The molecule has 0 amide bonds. The van der Waals surface area contributed by atoms with Crippen LogP contribution in [0.4, 0.5) is 0 Å². The van der Waals surface area contributed by atoms with E-state index in [1.807, 2.05) is 12.1 Å². The van der Waals surface area contributed by atoms with E-state index in [4.69, 9.17) is 33.7 Å². The van der Waals surface area contributed by atoms with Crippen molar-refractivity contribution in [2.45, 2.75) is 13.0 Å². The van der Waals surface area contributed by atoms with E-state index in [1.165, 1.54) is 23.0 Å². The molecule has 1 aromatic heterocycles. The molecule has 1 aromatic carbocycles. The summed E-state index contributed by atoms with van der Waals surface area (Å²) < 4.78 is 1.35. The molecule has 104 valence electrons. The van der Waals surface area contributed by atoms with Crippen LogP contribution >= 0.6 is 23.2 Å². The average molecular weight is 319 g/mol. The molecular formula is C14H8Cl2N4O. The Morgan fingerprint density at radius 1 is 1.33 bits per heavy atom. The number of nitriles is 2. The fourth-order valence-corrected chi connectivity index (χ4v) is 2.39. The maximum atomic E-state index is 12.5. The van der Waals surface area contributed by atoms with Crippen LogP contribution in [0.3, 0.4) is 0 Å². The van der Waals surface area contributed by atoms with Crippen molar-refractivity contribution in [1.29, 1.82) is 10.5 Å². The van der Waals surface area contributed by atoms with Crippen molar-refractivity contribution < 1.29 is 4.79 Å². The number of halogens is 2. The third-order valence-corrected chi connectivity index (χ3v) is 3.55. The van der Waals surface area contributed by atoms with Crippen LogP contribution in [0.1, 0.15) is 34.7 Å². The molecule has 0 bridgehead atoms. The van der Waals surface area contributed by atoms with Gasteiger partial charge in [-0.25, -0.2) is 4.98 Å². The molecule has 1 unspecified atom stereocenters. The molecule has 1 heterocycles. The molecule has 0 aliphatic heterocycles. The van der Waals surface area contributed by atoms with E-state index in [0.29, 0.717) is 10.6 Å². The van der Waals surface area contributed by atoms with Crippen molar-refractivity contribution >= 4 is 29.0 Å². The van der Waals surface area contributed by atoms with Crippen molar-refractivity contribution in [2.24, 2.45) is 0 Å². The average Bonchev–Trinajstić information content (AvgIpc) is 2.88. The summed E-state index contributed by atoms with van der Waals surface area (Å²) in [5.74, 6) is -0.296. The first-order valence-electron chi connectivity index (χ1n) is 5.86. The third kappa shape index (κ3) is 2.75. The molecular weight excluding hydrogens is 311 g/mol. The number of Topliss-reactive ketones (excluding diaryl/α,β-unsaturated/α-hetero) is 1. The molecule has 21 heavy (non-hydrogen) atoms. The molecule has 0 spiro atoms. The van der Waals surface area contributed by atoms with Crippen molar-refractivity contribution in [3.05, 3.63) is 51.5 Å². The number of rotatable bonds is 3. The predicted molar refractivity (Wildman–Crippen MR) is 77.2 cm³/mol. The lowest BCUT2D eigenvalue weighted by Gasteiger charge is -2.14. The summed E-state index contributed by atoms with van der Waals surface area (Å²) in [5.41, 5.74) is 0.326. The summed E-state index contributed by atoms with van der Waals surface area (Å²) >= 11 is 11.8. The number of hydrogen-bond donors (Lipinski definition) is 0. The lowest BCUT2D eigenvalue weighted by molar-refractivity contribution is 0.0934. The topological polar surface area (TPSA) is 82.5 Å². The number of aromatic nitrogens is 2. The molecule has 0 N–H and O–H groups in total. The number of benzene rings is 1. The molecule has 0 saturated carbocycles. The fraction of sp³-hybridized carbons (Fsp3) is 0.143. The molecule has 7 heteroatoms. The standard InChI is InChI=1S/C14H8Cl2N4O/c1-8(20-7-19-12(5-17)13(20)6-18)14(21)10-3-2-9(15)4-11(10)16/h2-4,7-8H,1H3. The molecule has 0 saturated heterocycles. The van der Waals surface area contributed by atoms with Crippen molar-refractivity contribution in [3.8, 4) is 12.1 Å². The van der Waals surface area contributed by atoms with Gasteiger partial charge in [-0.1, -0.05) is 23.2 Å². The van der Waals surface area contributed by atoms with Crippen LogP contribution in [0, 0.1) is 22.7 Å². The van der Waals surface area contributed by atoms with Crippen LogP contribution in [0.15, 0.2) is 24.5 Å². The summed E-state index contributed by atoms with van der Waals surface area (Å²) in [6.07, 6.45) is 1.30. The molecule has 5 nitrogen and oxygen atoms in total. The van der Waals surface area contributed by atoms with E-state index in [9.17, 15) is 4.79 Å². The number of nitrogens with zero attached hydrogens (tertiary/aromatic N) is 4. The van der Waals surface area contributed by atoms with Crippen molar-refractivity contribution in [1.82, 2.24) is 9.55 Å². The Labute approximate surface area is 131 Å². The number of imidazole rings is 1. The maximum absolute atomic E-state index is 12.5. The zero-order chi connectivity index (χ0) is 15.6. The lowest BCUT2D eigenvalue weighted by Crippen LogP contribution is -2.18. The molecule has 0 radical (unpaired) electrons. The predicted octanol–water partition coefficient (Wildman–Crippen LogP) is 3.38. The van der Waals surface area contributed by atoms with Crippen LogP contribution in [0.2, 0.25) is 10.0 Å². The number of carbonyl (C=O) groups is 1. The molecule has 2 aromatic rings. The van der Waals surface area contributed by atoms with Gasteiger partial charge in [-0.05, 0) is 25.1 Å². The zero-order valence-corrected chi connectivity index (χ0v) is 12.4. The quantitative estimate of drug-likeness (QED) is 0.812. The highest BCUT2D eigenvalue weighted by Crippen LogP contribution is 2.25. The number of hydrogen-bond acceptors (Lipinski definition) is 4. The summed E-state index contributed by atoms with van der Waals surface area (Å²) in [4.78, 5) is 16.3. The first-order valence-corrected chi connectivity index (χ1v) is 6.61. The zero-order valence-electron chi connectivity index (χ0n) is 10.8. The van der Waals surface area contributed by atoms with E-state index >= 15 is 0 Å². The molecule has 0 aliphatic rings. The van der Waals surface area contributed by atoms with Gasteiger partial charge in [-0.2, -0.15) is 10.5 Å². The Bertz CT molecular complexity index is 798. The van der Waals surface area contributed by atoms with Crippen LogP contribution < -0.4 is 0 Å². The van der Waals surface area contributed by atoms with Gasteiger partial charge < -0.3 is 4.57 Å². The summed E-state index contributed by atoms with van der Waals surface area (Å²) in [6, 6.07) is 7.54. The Morgan fingerprint density at radius 3 is 2.62 bits per heavy atom. The first-order chi connectivity index (χ1) is 9.99. The van der Waals surface area contributed by atoms with Crippen LogP contribution in [-0.2, 0) is 0 Å². The van der Waals surface area contributed by atoms with E-state index in [-0.39, 0.29) is 22.2 Å². The van der Waals surface area contributed by atoms with Crippen LogP contribution in [0.25, 0.3) is 0 Å². The number of ketones is 1. The van der Waals surface area contributed by atoms with Gasteiger partial charge >= 0.3 is 0 Å². The van der Waals surface area contributed by atoms with Gasteiger partial charge in [-0.15, -0.1) is 0 Å². The number of carbonyl (C=O) groups excluding carboxylic acids is 1. The Balaban J connectivity index is 2.43. The van der Waals surface area contributed by atoms with Gasteiger partial charge in [0.25, 0.3) is 0 Å². The minimum absolute atomic E-state index is 0.0145. The van der Waals surface area contributed by atoms with E-state index in [2.05, 4.69) is 4.98 Å². The smallest absolute Gasteiger partial charge is 0.186 e. The van der Waals surface area contributed by atoms with Gasteiger partial charge in [0.1, 0.15) is 12.1 Å². The second-order valence-electron chi connectivity index (χ2n) is 4.24. The van der Waals surface area contributed by atoms with Crippen molar-refractivity contribution in [3.63, 3.8) is 0 Å². The van der Waals surface area contributed by atoms with E-state index in [1.54, 1.807) is 13.0 Å². The molecule has 0 aliphatic carbocycles. The normalized spacial score (nSPS) is 11.5. The Morgan fingerprint density at radius 2 is 2.05 bits per heavy atom. The van der Waals surface area contributed by atoms with Crippen LogP contribution in [0.5, 0.6) is 0 Å². The highest BCUT2D eigenvalue weighted by Gasteiger charge is 2.23. The van der Waals surface area contributed by atoms with Gasteiger partial charge in [0.2, 0.25) is 0 Å². The largest absolute Gasteiger partial charge is 0.310 e. The highest BCUT2D eigenvalue weighted by molar-refractivity contribution is 6.36. The van der Waals surface area contributed by atoms with E-state index in [0.717, 1.165) is 0 Å². The lowest BCUT2D eigenvalue weighted by atomic mass is 10.0. The Kier molecular flexibility index (Phi) is 4.28. The van der Waals surface area contributed by atoms with Gasteiger partial charge in [-0.3, -0.25) is 4.79 Å². The van der Waals surface area contributed by atoms with Crippen molar-refractivity contribution in [2.75, 3.05) is 0 Å². The first kappa shape index (κ1) is 15.1. The van der Waals surface area contributed by atoms with Gasteiger partial charge in [0.05, 0.1) is 17.4 Å².